The zero-order valence-corrected chi connectivity index (χ0v) is 18.3. The summed E-state index contributed by atoms with van der Waals surface area (Å²) in [6.07, 6.45) is 2.10. The minimum absolute atomic E-state index is 0.0635. The number of hydrogen-bond donors (Lipinski definition) is 2. The number of carbonyl (C=O) groups excluding carboxylic acids is 3. The van der Waals surface area contributed by atoms with E-state index in [0.717, 1.165) is 6.54 Å². The van der Waals surface area contributed by atoms with Crippen molar-refractivity contribution in [2.45, 2.75) is 26.3 Å². The lowest BCUT2D eigenvalue weighted by molar-refractivity contribution is -0.140. The summed E-state index contributed by atoms with van der Waals surface area (Å²) in [7, 11) is 5.11. The van der Waals surface area contributed by atoms with Crippen molar-refractivity contribution < 1.29 is 28.6 Å². The maximum atomic E-state index is 13.0. The van der Waals surface area contributed by atoms with Crippen LogP contribution in [0.3, 0.4) is 0 Å². The standard InChI is InChI=1S/C22H27N3O6/c1-12-15(13(2)23-17(12)22(29)30-5)19(26)16-18(14-8-6-11-31-14)25(21(28)20(16)27)10-7-9-24(3)4/h6,8,11,18,23,26H,7,9-10H2,1-5H3/b19-16-. The molecule has 9 heteroatoms. The predicted molar refractivity (Wildman–Crippen MR) is 112 cm³/mol. The Kier molecular flexibility index (Phi) is 6.35. The van der Waals surface area contributed by atoms with Gasteiger partial charge in [-0.2, -0.15) is 0 Å². The number of ether oxygens (including phenoxy) is 1. The molecule has 0 saturated carbocycles. The minimum atomic E-state index is -0.854. The van der Waals surface area contributed by atoms with Crippen LogP contribution in [0, 0.1) is 13.8 Å². The van der Waals surface area contributed by atoms with Crippen molar-refractivity contribution >= 4 is 23.4 Å². The minimum Gasteiger partial charge on any atom is -0.507 e. The highest BCUT2D eigenvalue weighted by molar-refractivity contribution is 6.46. The number of aryl methyl sites for hydroxylation is 1. The van der Waals surface area contributed by atoms with Crippen LogP contribution < -0.4 is 0 Å². The average Bonchev–Trinajstić information content (AvgIpc) is 3.40. The number of Topliss-reactive ketones (excluding diaryl/α,β-unsaturated/α-hetero) is 1. The lowest BCUT2D eigenvalue weighted by atomic mass is 9.97. The lowest BCUT2D eigenvalue weighted by Gasteiger charge is -2.24. The first kappa shape index (κ1) is 22.4. The van der Waals surface area contributed by atoms with Gasteiger partial charge in [-0.1, -0.05) is 0 Å². The second-order valence-electron chi connectivity index (χ2n) is 7.78. The first-order chi connectivity index (χ1) is 14.7. The normalized spacial score (nSPS) is 18.3. The van der Waals surface area contributed by atoms with Gasteiger partial charge in [-0.3, -0.25) is 9.59 Å². The van der Waals surface area contributed by atoms with Gasteiger partial charge >= 0.3 is 5.97 Å². The number of likely N-dealkylation sites (tertiary alicyclic amines) is 1. The smallest absolute Gasteiger partial charge is 0.354 e. The van der Waals surface area contributed by atoms with Gasteiger partial charge in [0.25, 0.3) is 11.7 Å². The summed E-state index contributed by atoms with van der Waals surface area (Å²) in [5.74, 6) is -2.05. The van der Waals surface area contributed by atoms with Crippen molar-refractivity contribution in [3.8, 4) is 0 Å². The molecule has 3 heterocycles. The molecule has 2 aromatic heterocycles. The SMILES string of the molecule is COC(=O)c1[nH]c(C)c(/C(O)=C2/C(=O)C(=O)N(CCCN(C)C)C2c2ccco2)c1C. The van der Waals surface area contributed by atoms with Gasteiger partial charge in [-0.25, -0.2) is 4.79 Å². The van der Waals surface area contributed by atoms with Crippen LogP contribution in [-0.2, 0) is 14.3 Å². The number of amides is 1. The van der Waals surface area contributed by atoms with E-state index in [1.165, 1.54) is 18.3 Å². The molecule has 1 aliphatic heterocycles. The molecule has 9 nitrogen and oxygen atoms in total. The molecule has 3 rings (SSSR count). The number of nitrogens with one attached hydrogen (secondary N) is 1. The molecule has 1 fully saturated rings. The second-order valence-corrected chi connectivity index (χ2v) is 7.78. The van der Waals surface area contributed by atoms with Crippen molar-refractivity contribution in [1.29, 1.82) is 0 Å². The molecule has 0 radical (unpaired) electrons. The van der Waals surface area contributed by atoms with Crippen LogP contribution in [0.1, 0.15) is 45.5 Å². The third-order valence-corrected chi connectivity index (χ3v) is 5.42. The van der Waals surface area contributed by atoms with Crippen molar-refractivity contribution in [1.82, 2.24) is 14.8 Å². The first-order valence-electron chi connectivity index (χ1n) is 9.93. The molecule has 0 aliphatic carbocycles. The highest BCUT2D eigenvalue weighted by Crippen LogP contribution is 2.41. The average molecular weight is 429 g/mol. The third-order valence-electron chi connectivity index (χ3n) is 5.42. The van der Waals surface area contributed by atoms with Crippen LogP contribution in [0.15, 0.2) is 28.4 Å². The fourth-order valence-electron chi connectivity index (χ4n) is 3.96. The number of rotatable bonds is 7. The summed E-state index contributed by atoms with van der Waals surface area (Å²) < 4.78 is 10.3. The van der Waals surface area contributed by atoms with Gasteiger partial charge in [0.15, 0.2) is 0 Å². The van der Waals surface area contributed by atoms with Gasteiger partial charge in [0.2, 0.25) is 0 Å². The maximum absolute atomic E-state index is 13.0. The molecule has 0 spiro atoms. The molecule has 0 bridgehead atoms. The molecule has 2 N–H and O–H groups in total. The van der Waals surface area contributed by atoms with E-state index in [-0.39, 0.29) is 17.0 Å². The number of ketones is 1. The number of methoxy groups -OCH3 is 1. The number of esters is 1. The largest absolute Gasteiger partial charge is 0.507 e. The van der Waals surface area contributed by atoms with Crippen molar-refractivity contribution in [2.75, 3.05) is 34.3 Å². The molecule has 166 valence electrons. The molecule has 31 heavy (non-hydrogen) atoms. The van der Waals surface area contributed by atoms with Gasteiger partial charge in [-0.15, -0.1) is 0 Å². The van der Waals surface area contributed by atoms with Gasteiger partial charge in [0, 0.05) is 17.8 Å². The quantitative estimate of drug-likeness (QED) is 0.300. The number of aromatic amines is 1. The van der Waals surface area contributed by atoms with E-state index in [4.69, 9.17) is 9.15 Å². The van der Waals surface area contributed by atoms with Gasteiger partial charge < -0.3 is 29.0 Å². The van der Waals surface area contributed by atoms with Crippen LogP contribution in [0.25, 0.3) is 5.76 Å². The predicted octanol–water partition coefficient (Wildman–Crippen LogP) is 2.38. The molecular weight excluding hydrogens is 402 g/mol. The van der Waals surface area contributed by atoms with Crippen molar-refractivity contribution in [3.05, 3.63) is 52.2 Å². The zero-order valence-electron chi connectivity index (χ0n) is 18.3. The van der Waals surface area contributed by atoms with E-state index < -0.39 is 23.7 Å². The highest BCUT2D eigenvalue weighted by atomic mass is 16.5. The summed E-state index contributed by atoms with van der Waals surface area (Å²) in [6.45, 7) is 4.36. The van der Waals surface area contributed by atoms with E-state index >= 15 is 0 Å². The number of aromatic nitrogens is 1. The number of aliphatic hydroxyl groups is 1. The van der Waals surface area contributed by atoms with E-state index in [9.17, 15) is 19.5 Å². The number of furan rings is 1. The molecule has 0 aromatic carbocycles. The topological polar surface area (TPSA) is 116 Å². The molecular formula is C22H27N3O6. The number of aliphatic hydroxyl groups excluding tert-OH is 1. The fourth-order valence-corrected chi connectivity index (χ4v) is 3.96. The lowest BCUT2D eigenvalue weighted by Crippen LogP contribution is -2.32. The van der Waals surface area contributed by atoms with E-state index in [0.29, 0.717) is 35.5 Å². The summed E-state index contributed by atoms with van der Waals surface area (Å²) >= 11 is 0. The monoisotopic (exact) mass is 429 g/mol. The Balaban J connectivity index is 2.12. The van der Waals surface area contributed by atoms with Gasteiger partial charge in [0.05, 0.1) is 18.9 Å². The Labute approximate surface area is 180 Å². The fraction of sp³-hybridized carbons (Fsp3) is 0.409. The van der Waals surface area contributed by atoms with E-state index in [1.54, 1.807) is 26.0 Å². The Hall–Kier alpha value is -3.33. The number of carbonyl (C=O) groups is 3. The van der Waals surface area contributed by atoms with Crippen LogP contribution in [0.5, 0.6) is 0 Å². The Bertz CT molecular complexity index is 1030. The van der Waals surface area contributed by atoms with Crippen LogP contribution in [0.4, 0.5) is 0 Å². The van der Waals surface area contributed by atoms with E-state index in [1.807, 2.05) is 19.0 Å². The first-order valence-corrected chi connectivity index (χ1v) is 9.93. The third kappa shape index (κ3) is 4.00. The number of H-pyrrole nitrogens is 1. The summed E-state index contributed by atoms with van der Waals surface area (Å²) in [5.41, 5.74) is 1.32. The number of nitrogens with zero attached hydrogens (tertiary/aromatic N) is 2. The molecule has 1 aliphatic rings. The Morgan fingerprint density at radius 1 is 1.32 bits per heavy atom. The number of hydrogen-bond acceptors (Lipinski definition) is 7. The molecule has 2 aromatic rings. The Morgan fingerprint density at radius 3 is 2.61 bits per heavy atom. The van der Waals surface area contributed by atoms with Crippen LogP contribution >= 0.6 is 0 Å². The van der Waals surface area contributed by atoms with Crippen molar-refractivity contribution in [3.63, 3.8) is 0 Å². The van der Waals surface area contributed by atoms with Gasteiger partial charge in [0.1, 0.15) is 23.3 Å². The highest BCUT2D eigenvalue weighted by Gasteiger charge is 2.47. The van der Waals surface area contributed by atoms with Gasteiger partial charge in [-0.05, 0) is 58.6 Å². The summed E-state index contributed by atoms with van der Waals surface area (Å²) in [6, 6.07) is 2.48. The van der Waals surface area contributed by atoms with Crippen LogP contribution in [0.2, 0.25) is 0 Å². The summed E-state index contributed by atoms with van der Waals surface area (Å²) in [5, 5.41) is 11.2. The van der Waals surface area contributed by atoms with Crippen molar-refractivity contribution in [2.24, 2.45) is 0 Å². The van der Waals surface area contributed by atoms with Crippen LogP contribution in [-0.4, -0.2) is 71.8 Å². The summed E-state index contributed by atoms with van der Waals surface area (Å²) in [4.78, 5) is 44.2. The maximum Gasteiger partial charge on any atom is 0.354 e. The molecule has 1 unspecified atom stereocenters. The van der Waals surface area contributed by atoms with E-state index in [2.05, 4.69) is 4.98 Å². The Morgan fingerprint density at radius 2 is 2.03 bits per heavy atom. The molecule has 1 amide bonds. The molecule has 1 atom stereocenters. The molecule has 1 saturated heterocycles. The second kappa shape index (κ2) is 8.81. The zero-order chi connectivity index (χ0) is 22.9.